The summed E-state index contributed by atoms with van der Waals surface area (Å²) in [6.07, 6.45) is 9.53. The highest BCUT2D eigenvalue weighted by molar-refractivity contribution is 6.16. The van der Waals surface area contributed by atoms with Crippen LogP contribution in [0.2, 0.25) is 0 Å². The number of rotatable bonds is 4. The van der Waals surface area contributed by atoms with Crippen LogP contribution in [0.15, 0.2) is 113 Å². The minimum atomic E-state index is 0.174. The van der Waals surface area contributed by atoms with Gasteiger partial charge in [-0.2, -0.15) is 0 Å². The van der Waals surface area contributed by atoms with Crippen LogP contribution in [0.25, 0.3) is 0 Å². The van der Waals surface area contributed by atoms with Gasteiger partial charge < -0.3 is 10.0 Å². The van der Waals surface area contributed by atoms with Crippen molar-refractivity contribution in [3.8, 4) is 0 Å². The van der Waals surface area contributed by atoms with Crippen molar-refractivity contribution in [2.75, 3.05) is 11.9 Å². The number of hydrogen-bond acceptors (Lipinski definition) is 3. The van der Waals surface area contributed by atoms with Crippen molar-refractivity contribution < 1.29 is 5.11 Å². The van der Waals surface area contributed by atoms with Crippen LogP contribution in [-0.4, -0.2) is 17.9 Å². The minimum Gasteiger partial charge on any atom is -0.506 e. The summed E-state index contributed by atoms with van der Waals surface area (Å²) in [4.78, 5) is 6.48. The smallest absolute Gasteiger partial charge is 0.141 e. The fraction of sp³-hybridized carbons (Fsp3) is 0.0870. The third-order valence-corrected chi connectivity index (χ3v) is 4.12. The molecule has 2 aromatic rings. The monoisotopic (exact) mass is 342 g/mol. The molecule has 2 aromatic carbocycles. The highest BCUT2D eigenvalue weighted by atomic mass is 16.3. The minimum absolute atomic E-state index is 0.174. The number of aliphatic hydroxyl groups excluding tert-OH is 1. The van der Waals surface area contributed by atoms with E-state index in [1.165, 1.54) is 0 Å². The zero-order valence-corrected chi connectivity index (χ0v) is 15.0. The van der Waals surface area contributed by atoms with Crippen LogP contribution in [0.5, 0.6) is 0 Å². The Labute approximate surface area is 154 Å². The second kappa shape index (κ2) is 8.17. The predicted molar refractivity (Wildman–Crippen MR) is 110 cm³/mol. The van der Waals surface area contributed by atoms with Gasteiger partial charge in [-0.3, -0.25) is 4.99 Å². The van der Waals surface area contributed by atoms with E-state index in [1.54, 1.807) is 13.1 Å². The zero-order chi connectivity index (χ0) is 18.4. The molecule has 0 amide bonds. The van der Waals surface area contributed by atoms with E-state index >= 15 is 0 Å². The van der Waals surface area contributed by atoms with Crippen LogP contribution in [-0.2, 0) is 0 Å². The molecule has 0 atom stereocenters. The first kappa shape index (κ1) is 17.5. The Morgan fingerprint density at radius 3 is 1.96 bits per heavy atom. The standard InChI is InChI=1S/C23H22N2O/c1-3-4-15-20-21(16-17-22(26)23(20)24-2)25(18-11-7-5-8-12-18)19-13-9-6-10-14-19/h3-17,26H,1-2H3/b4-3-,20-15-,24-23?. The molecule has 0 unspecified atom stereocenters. The van der Waals surface area contributed by atoms with Crippen LogP contribution in [0.3, 0.4) is 0 Å². The number of benzene rings is 2. The van der Waals surface area contributed by atoms with Gasteiger partial charge in [0.25, 0.3) is 0 Å². The third kappa shape index (κ3) is 3.52. The van der Waals surface area contributed by atoms with E-state index in [1.807, 2.05) is 67.6 Å². The lowest BCUT2D eigenvalue weighted by Gasteiger charge is -2.31. The van der Waals surface area contributed by atoms with Gasteiger partial charge in [0.2, 0.25) is 0 Å². The lowest BCUT2D eigenvalue weighted by Crippen LogP contribution is -2.24. The first-order valence-electron chi connectivity index (χ1n) is 8.58. The van der Waals surface area contributed by atoms with Gasteiger partial charge in [0.05, 0.1) is 5.70 Å². The number of hydrogen-bond donors (Lipinski definition) is 1. The molecule has 130 valence electrons. The van der Waals surface area contributed by atoms with Gasteiger partial charge in [-0.05, 0) is 43.3 Å². The van der Waals surface area contributed by atoms with Gasteiger partial charge in [-0.25, -0.2) is 0 Å². The van der Waals surface area contributed by atoms with E-state index in [0.717, 1.165) is 22.6 Å². The van der Waals surface area contributed by atoms with E-state index in [2.05, 4.69) is 34.2 Å². The largest absolute Gasteiger partial charge is 0.506 e. The van der Waals surface area contributed by atoms with E-state index in [0.29, 0.717) is 5.71 Å². The number of para-hydroxylation sites is 2. The molecule has 1 aliphatic rings. The molecular weight excluding hydrogens is 320 g/mol. The van der Waals surface area contributed by atoms with Gasteiger partial charge in [0.1, 0.15) is 11.5 Å². The second-order valence-corrected chi connectivity index (χ2v) is 5.79. The number of aliphatic imine (C=N–C) groups is 1. The zero-order valence-electron chi connectivity index (χ0n) is 15.0. The summed E-state index contributed by atoms with van der Waals surface area (Å²) in [5.41, 5.74) is 4.50. The van der Waals surface area contributed by atoms with E-state index in [4.69, 9.17) is 0 Å². The SMILES string of the molecule is C/C=C\C=C1\C(N(c2ccccc2)c2ccccc2)=CC=C(O)C1=NC. The van der Waals surface area contributed by atoms with Gasteiger partial charge in [-0.15, -0.1) is 0 Å². The second-order valence-electron chi connectivity index (χ2n) is 5.79. The van der Waals surface area contributed by atoms with Crippen molar-refractivity contribution in [2.45, 2.75) is 6.92 Å². The van der Waals surface area contributed by atoms with Crippen molar-refractivity contribution >= 4 is 17.1 Å². The molecule has 3 heteroatoms. The molecule has 0 fully saturated rings. The van der Waals surface area contributed by atoms with E-state index in [9.17, 15) is 5.11 Å². The summed E-state index contributed by atoms with van der Waals surface area (Å²) >= 11 is 0. The molecule has 0 bridgehead atoms. The summed E-state index contributed by atoms with van der Waals surface area (Å²) in [6.45, 7) is 1.97. The number of aliphatic hydroxyl groups is 1. The Bertz CT molecular complexity index is 864. The average Bonchev–Trinajstić information content (AvgIpc) is 2.69. The van der Waals surface area contributed by atoms with Crippen LogP contribution in [0.4, 0.5) is 11.4 Å². The Hall–Kier alpha value is -3.33. The van der Waals surface area contributed by atoms with E-state index in [-0.39, 0.29) is 5.76 Å². The fourth-order valence-electron chi connectivity index (χ4n) is 2.95. The van der Waals surface area contributed by atoms with Gasteiger partial charge in [-0.1, -0.05) is 54.6 Å². The maximum atomic E-state index is 10.3. The molecular formula is C23H22N2O. The lowest BCUT2D eigenvalue weighted by molar-refractivity contribution is 0.442. The van der Waals surface area contributed by atoms with Crippen LogP contribution in [0.1, 0.15) is 6.92 Å². The average molecular weight is 342 g/mol. The van der Waals surface area contributed by atoms with Crippen LogP contribution in [0, 0.1) is 0 Å². The Kier molecular flexibility index (Phi) is 5.49. The predicted octanol–water partition coefficient (Wildman–Crippen LogP) is 5.74. The highest BCUT2D eigenvalue weighted by Gasteiger charge is 2.25. The van der Waals surface area contributed by atoms with Crippen molar-refractivity contribution in [3.05, 3.63) is 108 Å². The molecule has 0 aromatic heterocycles. The molecule has 0 saturated heterocycles. The maximum Gasteiger partial charge on any atom is 0.141 e. The molecule has 26 heavy (non-hydrogen) atoms. The Morgan fingerprint density at radius 1 is 0.885 bits per heavy atom. The highest BCUT2D eigenvalue weighted by Crippen LogP contribution is 2.35. The topological polar surface area (TPSA) is 35.8 Å². The molecule has 0 radical (unpaired) electrons. The first-order valence-corrected chi connectivity index (χ1v) is 8.58. The van der Waals surface area contributed by atoms with Crippen molar-refractivity contribution in [2.24, 2.45) is 4.99 Å². The normalized spacial score (nSPS) is 17.5. The molecule has 3 rings (SSSR count). The van der Waals surface area contributed by atoms with Crippen molar-refractivity contribution in [1.82, 2.24) is 0 Å². The summed E-state index contributed by atoms with van der Waals surface area (Å²) in [5, 5.41) is 10.3. The fourth-order valence-corrected chi connectivity index (χ4v) is 2.95. The first-order chi connectivity index (χ1) is 12.8. The third-order valence-electron chi connectivity index (χ3n) is 4.12. The molecule has 1 N–H and O–H groups in total. The van der Waals surface area contributed by atoms with Gasteiger partial charge in [0, 0.05) is 24.0 Å². The Morgan fingerprint density at radius 2 is 1.46 bits per heavy atom. The molecule has 3 nitrogen and oxygen atoms in total. The number of nitrogens with zero attached hydrogens (tertiary/aromatic N) is 2. The lowest BCUT2D eigenvalue weighted by atomic mass is 9.97. The molecule has 1 aliphatic carbocycles. The number of anilines is 2. The summed E-state index contributed by atoms with van der Waals surface area (Å²) < 4.78 is 0. The van der Waals surface area contributed by atoms with Crippen molar-refractivity contribution in [3.63, 3.8) is 0 Å². The molecule has 0 heterocycles. The van der Waals surface area contributed by atoms with Gasteiger partial charge in [0.15, 0.2) is 0 Å². The van der Waals surface area contributed by atoms with Gasteiger partial charge >= 0.3 is 0 Å². The molecule has 0 spiro atoms. The summed E-state index contributed by atoms with van der Waals surface area (Å²) in [5.74, 6) is 0.174. The Balaban J connectivity index is 2.22. The van der Waals surface area contributed by atoms with Crippen molar-refractivity contribution in [1.29, 1.82) is 0 Å². The van der Waals surface area contributed by atoms with E-state index < -0.39 is 0 Å². The maximum absolute atomic E-state index is 10.3. The van der Waals surface area contributed by atoms with Crippen LogP contribution < -0.4 is 4.90 Å². The quantitative estimate of drug-likeness (QED) is 0.769. The summed E-state index contributed by atoms with van der Waals surface area (Å²) in [6, 6.07) is 20.4. The number of allylic oxidation sites excluding steroid dienone is 7. The molecule has 0 aliphatic heterocycles. The van der Waals surface area contributed by atoms with Crippen LogP contribution >= 0.6 is 0 Å². The molecule has 0 saturated carbocycles. The summed E-state index contributed by atoms with van der Waals surface area (Å²) in [7, 11) is 1.70.